The molecule has 1 saturated heterocycles. The Labute approximate surface area is 249 Å². The van der Waals surface area contributed by atoms with E-state index in [0.29, 0.717) is 0 Å². The zero-order valence-electron chi connectivity index (χ0n) is 23.6. The number of ketones is 1. The van der Waals surface area contributed by atoms with Crippen molar-refractivity contribution in [2.45, 2.75) is 57.7 Å². The lowest BCUT2D eigenvalue weighted by molar-refractivity contribution is -0.525. The molecule has 1 aliphatic rings. The summed E-state index contributed by atoms with van der Waals surface area (Å²) < 4.78 is 0. The number of anilines is 1. The zero-order chi connectivity index (χ0) is 33.1. The quantitative estimate of drug-likeness (QED) is 0.0160. The molecule has 19 heteroatoms. The summed E-state index contributed by atoms with van der Waals surface area (Å²) in [6, 6.07) is 0.512. The van der Waals surface area contributed by atoms with Crippen molar-refractivity contribution in [2.75, 3.05) is 11.4 Å². The van der Waals surface area contributed by atoms with Gasteiger partial charge in [0.05, 0.1) is 18.5 Å². The van der Waals surface area contributed by atoms with Crippen LogP contribution in [0.25, 0.3) is 0 Å². The maximum atomic E-state index is 12.9. The van der Waals surface area contributed by atoms with E-state index in [1.54, 1.807) is 5.43 Å². The summed E-state index contributed by atoms with van der Waals surface area (Å²) in [6.45, 7) is 3.13. The number of hydrazine groups is 1. The van der Waals surface area contributed by atoms with Crippen molar-refractivity contribution < 1.29 is 48.8 Å². The lowest BCUT2D eigenvalue weighted by Gasteiger charge is -2.22. The van der Waals surface area contributed by atoms with Gasteiger partial charge in [-0.1, -0.05) is 31.4 Å². The normalized spacial score (nSPS) is 15.5. The standard InChI is InChI=1S/C25H32N8O11/c1-12(2)20(23(40)41)30-21(38)16(10-19(36)37)28-18(35)11-17(34)13-5-3-6-14(9-13)32-22(39)15(29-25(32)42)7-4-8-27-24(26)31-33(43)44/h3,5-6,9,12,15-16,20H,4,7-8,10-11H2,1-2H3,(H,28,35)(H,29,42)(H,30,38)(H,36,37)(H,40,41)(H3,26,27,31)/t15-,16-,20-/m0/s1. The number of hydrogen-bond acceptors (Lipinski definition) is 10. The van der Waals surface area contributed by atoms with Crippen molar-refractivity contribution in [2.24, 2.45) is 5.92 Å². The molecule has 0 aromatic heterocycles. The van der Waals surface area contributed by atoms with Crippen LogP contribution in [0.5, 0.6) is 0 Å². The van der Waals surface area contributed by atoms with Gasteiger partial charge in [-0.05, 0) is 30.9 Å². The first-order valence-corrected chi connectivity index (χ1v) is 13.2. The molecule has 0 aliphatic carbocycles. The Morgan fingerprint density at radius 3 is 2.41 bits per heavy atom. The van der Waals surface area contributed by atoms with Gasteiger partial charge in [0.2, 0.25) is 11.8 Å². The van der Waals surface area contributed by atoms with Gasteiger partial charge in [0.25, 0.3) is 11.9 Å². The number of hydrogen-bond donors (Lipinski definition) is 8. The van der Waals surface area contributed by atoms with Gasteiger partial charge in [-0.3, -0.25) is 29.4 Å². The van der Waals surface area contributed by atoms with Crippen molar-refractivity contribution >= 4 is 53.1 Å². The molecule has 1 fully saturated rings. The van der Waals surface area contributed by atoms with E-state index in [0.717, 1.165) is 4.90 Å². The van der Waals surface area contributed by atoms with Gasteiger partial charge < -0.3 is 31.5 Å². The Hall–Kier alpha value is -5.62. The van der Waals surface area contributed by atoms with Gasteiger partial charge in [0.1, 0.15) is 18.1 Å². The summed E-state index contributed by atoms with van der Waals surface area (Å²) in [4.78, 5) is 97.2. The fraction of sp³-hybridized carbons (Fsp3) is 0.440. The van der Waals surface area contributed by atoms with Crippen LogP contribution >= 0.6 is 0 Å². The second-order valence-electron chi connectivity index (χ2n) is 9.93. The molecule has 44 heavy (non-hydrogen) atoms. The van der Waals surface area contributed by atoms with Crippen molar-refractivity contribution in [3.05, 3.63) is 39.9 Å². The molecule has 238 valence electrons. The molecule has 19 nitrogen and oxygen atoms in total. The smallest absolute Gasteiger partial charge is 0.329 e. The molecule has 0 bridgehead atoms. The van der Waals surface area contributed by atoms with E-state index < -0.39 is 89.4 Å². The van der Waals surface area contributed by atoms with Gasteiger partial charge >= 0.3 is 18.0 Å². The first-order valence-electron chi connectivity index (χ1n) is 13.2. The second kappa shape index (κ2) is 15.6. The maximum Gasteiger partial charge on any atom is 0.329 e. The molecule has 0 unspecified atom stereocenters. The molecule has 1 aliphatic heterocycles. The van der Waals surface area contributed by atoms with Crippen LogP contribution in [0.2, 0.25) is 0 Å². The summed E-state index contributed by atoms with van der Waals surface area (Å²) in [7, 11) is 0. The van der Waals surface area contributed by atoms with E-state index in [9.17, 15) is 48.8 Å². The Morgan fingerprint density at radius 2 is 1.82 bits per heavy atom. The minimum Gasteiger partial charge on any atom is -0.481 e. The van der Waals surface area contributed by atoms with E-state index in [4.69, 9.17) is 10.5 Å². The first kappa shape index (κ1) is 34.6. The number of carboxylic acids is 2. The van der Waals surface area contributed by atoms with Gasteiger partial charge in [0, 0.05) is 12.1 Å². The lowest BCUT2D eigenvalue weighted by Crippen LogP contribution is -2.53. The molecule has 8 N–H and O–H groups in total. The minimum absolute atomic E-state index is 0.0212. The Kier molecular flexibility index (Phi) is 12.2. The summed E-state index contributed by atoms with van der Waals surface area (Å²) in [6.07, 6.45) is -1.33. The Balaban J connectivity index is 2.04. The van der Waals surface area contributed by atoms with Crippen LogP contribution in [0.4, 0.5) is 10.5 Å². The molecule has 1 aromatic carbocycles. The molecule has 2 rings (SSSR count). The van der Waals surface area contributed by atoms with E-state index in [1.807, 2.05) is 0 Å². The van der Waals surface area contributed by atoms with Gasteiger partial charge in [0.15, 0.2) is 10.8 Å². The fourth-order valence-corrected chi connectivity index (χ4v) is 4.08. The van der Waals surface area contributed by atoms with E-state index in [1.165, 1.54) is 38.1 Å². The highest BCUT2D eigenvalue weighted by molar-refractivity contribution is 6.21. The van der Waals surface area contributed by atoms with Crippen molar-refractivity contribution in [1.29, 1.82) is 5.41 Å². The van der Waals surface area contributed by atoms with Crippen LogP contribution in [-0.2, 0) is 24.0 Å². The third-order valence-electron chi connectivity index (χ3n) is 6.20. The molecule has 1 heterocycles. The predicted octanol–water partition coefficient (Wildman–Crippen LogP) is -1.05. The molecular weight excluding hydrogens is 588 g/mol. The van der Waals surface area contributed by atoms with Gasteiger partial charge in [-0.15, -0.1) is 0 Å². The first-order chi connectivity index (χ1) is 20.6. The SMILES string of the molecule is CC(C)[C@H](NC(=O)[C@H](CC(=O)O)NC(=O)CC(=O)c1cccc(N2C(=O)N[C@@H](CCCNC(=N)N[N+](=O)[O-])C2=O)c1)C(=O)O. The Bertz CT molecular complexity index is 1350. The molecule has 5 amide bonds. The highest BCUT2D eigenvalue weighted by Gasteiger charge is 2.39. The molecule has 0 spiro atoms. The molecule has 0 saturated carbocycles. The third kappa shape index (κ3) is 10.0. The van der Waals surface area contributed by atoms with Crippen molar-refractivity contribution in [1.82, 2.24) is 26.7 Å². The van der Waals surface area contributed by atoms with Crippen LogP contribution in [0.15, 0.2) is 24.3 Å². The molecule has 3 atom stereocenters. The number of benzene rings is 1. The highest BCUT2D eigenvalue weighted by atomic mass is 16.7. The second-order valence-corrected chi connectivity index (χ2v) is 9.93. The summed E-state index contributed by atoms with van der Waals surface area (Å²) >= 11 is 0. The number of nitro groups is 1. The third-order valence-corrected chi connectivity index (χ3v) is 6.20. The van der Waals surface area contributed by atoms with Crippen molar-refractivity contribution in [3.63, 3.8) is 0 Å². The number of Topliss-reactive ketones (excluding diaryl/α,β-unsaturated/α-hetero) is 1. The van der Waals surface area contributed by atoms with E-state index in [-0.39, 0.29) is 30.6 Å². The number of aliphatic carboxylic acids is 2. The van der Waals surface area contributed by atoms with Gasteiger partial charge in [-0.2, -0.15) is 0 Å². The summed E-state index contributed by atoms with van der Waals surface area (Å²) in [5.41, 5.74) is 1.56. The number of nitrogens with one attached hydrogen (secondary N) is 6. The van der Waals surface area contributed by atoms with Gasteiger partial charge in [-0.25, -0.2) is 24.6 Å². The summed E-state index contributed by atoms with van der Waals surface area (Å²) in [5, 5.41) is 44.4. The molecule has 1 aromatic rings. The lowest BCUT2D eigenvalue weighted by atomic mass is 10.0. The van der Waals surface area contributed by atoms with Crippen LogP contribution in [-0.4, -0.2) is 87.3 Å². The number of guanidine groups is 1. The maximum absolute atomic E-state index is 12.9. The van der Waals surface area contributed by atoms with Crippen LogP contribution in [0.3, 0.4) is 0 Å². The van der Waals surface area contributed by atoms with Crippen molar-refractivity contribution in [3.8, 4) is 0 Å². The predicted molar refractivity (Wildman–Crippen MR) is 149 cm³/mol. The number of amides is 5. The number of rotatable bonds is 16. The number of carbonyl (C=O) groups is 7. The van der Waals surface area contributed by atoms with E-state index in [2.05, 4.69) is 21.3 Å². The number of urea groups is 1. The molecular formula is C25H32N8O11. The summed E-state index contributed by atoms with van der Waals surface area (Å²) in [5.74, 6) is -7.44. The average molecular weight is 621 g/mol. The number of carboxylic acid groups (broad SMARTS) is 2. The van der Waals surface area contributed by atoms with E-state index >= 15 is 0 Å². The number of imide groups is 1. The zero-order valence-corrected chi connectivity index (χ0v) is 23.6. The number of nitrogens with zero attached hydrogens (tertiary/aromatic N) is 2. The fourth-order valence-electron chi connectivity index (χ4n) is 4.08. The molecule has 0 radical (unpaired) electrons. The monoisotopic (exact) mass is 620 g/mol. The van der Waals surface area contributed by atoms with Crippen LogP contribution in [0.1, 0.15) is 49.9 Å². The highest BCUT2D eigenvalue weighted by Crippen LogP contribution is 2.23. The largest absolute Gasteiger partial charge is 0.481 e. The minimum atomic E-state index is -1.67. The number of carbonyl (C=O) groups excluding carboxylic acids is 5. The van der Waals surface area contributed by atoms with Crippen LogP contribution < -0.4 is 31.6 Å². The topological polar surface area (TPSA) is 290 Å². The average Bonchev–Trinajstić information content (AvgIpc) is 3.20. The van der Waals surface area contributed by atoms with Crippen LogP contribution in [0, 0.1) is 21.4 Å². The Morgan fingerprint density at radius 1 is 1.14 bits per heavy atom.